The molecule has 0 fully saturated rings. The third-order valence-electron chi connectivity index (χ3n) is 2.72. The lowest BCUT2D eigenvalue weighted by atomic mass is 10.1. The molecule has 0 saturated carbocycles. The first kappa shape index (κ1) is 14.1. The second-order valence-corrected chi connectivity index (χ2v) is 4.87. The van der Waals surface area contributed by atoms with Crippen LogP contribution in [0.5, 0.6) is 0 Å². The quantitative estimate of drug-likeness (QED) is 0.882. The van der Waals surface area contributed by atoms with Crippen LogP contribution in [0.4, 0.5) is 5.69 Å². The maximum Gasteiger partial charge on any atom is 0.154 e. The fraction of sp³-hybridized carbons (Fsp3) is 0.231. The number of pyridine rings is 2. The number of hydrogen-bond donors (Lipinski definition) is 1. The largest absolute Gasteiger partial charge is 0.387 e. The van der Waals surface area contributed by atoms with Crippen LogP contribution in [0, 0.1) is 0 Å². The summed E-state index contributed by atoms with van der Waals surface area (Å²) in [7, 11) is 1.83. The van der Waals surface area contributed by atoms with Crippen LogP contribution in [0.25, 0.3) is 0 Å². The van der Waals surface area contributed by atoms with Crippen LogP contribution in [0.3, 0.4) is 0 Å². The highest BCUT2D eigenvalue weighted by atomic mass is 35.5. The van der Waals surface area contributed by atoms with Gasteiger partial charge in [0.25, 0.3) is 0 Å². The van der Waals surface area contributed by atoms with Crippen molar-refractivity contribution < 1.29 is 5.11 Å². The molecule has 100 valence electrons. The standard InChI is InChI=1S/C13H13Cl2N3O/c1-18(10-4-5-12(14)17-13(10)15)8-11(19)9-3-2-6-16-7-9/h2-7,11,19H,8H2,1H3. The fourth-order valence-electron chi connectivity index (χ4n) is 1.73. The summed E-state index contributed by atoms with van der Waals surface area (Å²) in [6.07, 6.45) is 2.66. The van der Waals surface area contributed by atoms with E-state index < -0.39 is 6.10 Å². The number of nitrogens with zero attached hydrogens (tertiary/aromatic N) is 3. The van der Waals surface area contributed by atoms with Crippen molar-refractivity contribution in [3.63, 3.8) is 0 Å². The molecular weight excluding hydrogens is 285 g/mol. The van der Waals surface area contributed by atoms with Gasteiger partial charge in [-0.1, -0.05) is 29.3 Å². The molecule has 1 N–H and O–H groups in total. The van der Waals surface area contributed by atoms with Crippen molar-refractivity contribution in [2.24, 2.45) is 0 Å². The first-order valence-electron chi connectivity index (χ1n) is 5.69. The molecule has 0 bridgehead atoms. The van der Waals surface area contributed by atoms with E-state index in [1.807, 2.05) is 18.0 Å². The molecule has 0 radical (unpaired) electrons. The smallest absolute Gasteiger partial charge is 0.154 e. The maximum atomic E-state index is 10.1. The Morgan fingerprint density at radius 1 is 1.32 bits per heavy atom. The van der Waals surface area contributed by atoms with E-state index in [1.54, 1.807) is 30.6 Å². The zero-order chi connectivity index (χ0) is 13.8. The van der Waals surface area contributed by atoms with Gasteiger partial charge in [-0.25, -0.2) is 4.98 Å². The number of aromatic nitrogens is 2. The molecule has 2 aromatic rings. The van der Waals surface area contributed by atoms with Crippen LogP contribution in [0.15, 0.2) is 36.7 Å². The summed E-state index contributed by atoms with van der Waals surface area (Å²) < 4.78 is 0. The minimum Gasteiger partial charge on any atom is -0.387 e. The van der Waals surface area contributed by atoms with Crippen molar-refractivity contribution in [1.29, 1.82) is 0 Å². The van der Waals surface area contributed by atoms with Crippen LogP contribution in [0.2, 0.25) is 10.3 Å². The molecule has 0 saturated heterocycles. The van der Waals surface area contributed by atoms with Crippen molar-refractivity contribution in [3.8, 4) is 0 Å². The Morgan fingerprint density at radius 2 is 2.11 bits per heavy atom. The summed E-state index contributed by atoms with van der Waals surface area (Å²) in [6.45, 7) is 0.384. The minimum absolute atomic E-state index is 0.313. The number of aliphatic hydroxyl groups excluding tert-OH is 1. The van der Waals surface area contributed by atoms with Gasteiger partial charge >= 0.3 is 0 Å². The Morgan fingerprint density at radius 3 is 2.74 bits per heavy atom. The van der Waals surface area contributed by atoms with Crippen molar-refractivity contribution in [2.45, 2.75) is 6.10 Å². The normalized spacial score (nSPS) is 12.2. The molecule has 19 heavy (non-hydrogen) atoms. The summed E-state index contributed by atoms with van der Waals surface area (Å²) >= 11 is 11.8. The van der Waals surface area contributed by atoms with E-state index >= 15 is 0 Å². The second-order valence-electron chi connectivity index (χ2n) is 4.13. The van der Waals surface area contributed by atoms with Gasteiger partial charge in [0.1, 0.15) is 5.15 Å². The molecule has 4 nitrogen and oxygen atoms in total. The van der Waals surface area contributed by atoms with Gasteiger partial charge < -0.3 is 10.0 Å². The van der Waals surface area contributed by atoms with E-state index in [9.17, 15) is 5.11 Å². The minimum atomic E-state index is -0.648. The number of anilines is 1. The number of rotatable bonds is 4. The van der Waals surface area contributed by atoms with E-state index in [0.29, 0.717) is 22.5 Å². The van der Waals surface area contributed by atoms with Crippen LogP contribution >= 0.6 is 23.2 Å². The first-order chi connectivity index (χ1) is 9.08. The predicted molar refractivity (Wildman–Crippen MR) is 76.7 cm³/mol. The molecule has 2 rings (SSSR count). The molecule has 2 aromatic heterocycles. The van der Waals surface area contributed by atoms with Crippen LogP contribution < -0.4 is 4.90 Å². The Balaban J connectivity index is 2.10. The van der Waals surface area contributed by atoms with E-state index in [2.05, 4.69) is 9.97 Å². The van der Waals surface area contributed by atoms with Crippen molar-refractivity contribution in [1.82, 2.24) is 9.97 Å². The van der Waals surface area contributed by atoms with Crippen molar-refractivity contribution in [2.75, 3.05) is 18.5 Å². The maximum absolute atomic E-state index is 10.1. The lowest BCUT2D eigenvalue weighted by molar-refractivity contribution is 0.184. The SMILES string of the molecule is CN(CC(O)c1cccnc1)c1ccc(Cl)nc1Cl. The molecule has 1 atom stereocenters. The van der Waals surface area contributed by atoms with Gasteiger partial charge in [-0.2, -0.15) is 0 Å². The van der Waals surface area contributed by atoms with Crippen LogP contribution in [0.1, 0.15) is 11.7 Å². The van der Waals surface area contributed by atoms with Gasteiger partial charge in [0.2, 0.25) is 0 Å². The average Bonchev–Trinajstić information content (AvgIpc) is 2.39. The van der Waals surface area contributed by atoms with Gasteiger partial charge in [0, 0.05) is 31.5 Å². The molecular formula is C13H13Cl2N3O. The molecule has 0 spiro atoms. The van der Waals surface area contributed by atoms with Gasteiger partial charge in [-0.3, -0.25) is 4.98 Å². The van der Waals surface area contributed by atoms with Gasteiger partial charge in [-0.15, -0.1) is 0 Å². The Bertz CT molecular complexity index is 551. The summed E-state index contributed by atoms with van der Waals surface area (Å²) in [5, 5.41) is 10.8. The summed E-state index contributed by atoms with van der Waals surface area (Å²) in [5.41, 5.74) is 1.47. The monoisotopic (exact) mass is 297 g/mol. The van der Waals surface area contributed by atoms with Crippen LogP contribution in [-0.2, 0) is 0 Å². The number of hydrogen-bond acceptors (Lipinski definition) is 4. The highest BCUT2D eigenvalue weighted by molar-refractivity contribution is 6.34. The first-order valence-corrected chi connectivity index (χ1v) is 6.44. The summed E-state index contributed by atoms with van der Waals surface area (Å²) in [4.78, 5) is 9.77. The van der Waals surface area contributed by atoms with Gasteiger partial charge in [0.05, 0.1) is 11.8 Å². The fourth-order valence-corrected chi connectivity index (χ4v) is 2.21. The molecule has 0 aliphatic heterocycles. The summed E-state index contributed by atoms with van der Waals surface area (Å²) in [5.74, 6) is 0. The molecule has 0 aromatic carbocycles. The molecule has 0 aliphatic rings. The van der Waals surface area contributed by atoms with E-state index in [-0.39, 0.29) is 0 Å². The van der Waals surface area contributed by atoms with Crippen LogP contribution in [-0.4, -0.2) is 28.7 Å². The Labute approximate surface area is 121 Å². The third-order valence-corrected chi connectivity index (χ3v) is 3.21. The molecule has 1 unspecified atom stereocenters. The van der Waals surface area contributed by atoms with E-state index in [0.717, 1.165) is 5.56 Å². The van der Waals surface area contributed by atoms with Gasteiger partial charge in [0.15, 0.2) is 5.15 Å². The predicted octanol–water partition coefficient (Wildman–Crippen LogP) is 2.95. The van der Waals surface area contributed by atoms with Crippen molar-refractivity contribution in [3.05, 3.63) is 52.5 Å². The highest BCUT2D eigenvalue weighted by Gasteiger charge is 2.14. The highest BCUT2D eigenvalue weighted by Crippen LogP contribution is 2.26. The van der Waals surface area contributed by atoms with E-state index in [1.165, 1.54) is 0 Å². The Kier molecular flexibility index (Phi) is 4.58. The second kappa shape index (κ2) is 6.19. The summed E-state index contributed by atoms with van der Waals surface area (Å²) in [6, 6.07) is 7.05. The zero-order valence-corrected chi connectivity index (χ0v) is 11.8. The number of likely N-dealkylation sites (N-methyl/N-ethyl adjacent to an activating group) is 1. The van der Waals surface area contributed by atoms with Crippen molar-refractivity contribution >= 4 is 28.9 Å². The average molecular weight is 298 g/mol. The lowest BCUT2D eigenvalue weighted by Crippen LogP contribution is -2.24. The topological polar surface area (TPSA) is 49.2 Å². The molecule has 0 amide bonds. The Hall–Kier alpha value is -1.36. The van der Waals surface area contributed by atoms with E-state index in [4.69, 9.17) is 23.2 Å². The van der Waals surface area contributed by atoms with Gasteiger partial charge in [-0.05, 0) is 18.2 Å². The molecule has 2 heterocycles. The number of halogens is 2. The third kappa shape index (κ3) is 3.56. The number of aliphatic hydroxyl groups is 1. The molecule has 6 heteroatoms. The zero-order valence-electron chi connectivity index (χ0n) is 10.3. The molecule has 0 aliphatic carbocycles. The lowest BCUT2D eigenvalue weighted by Gasteiger charge is -2.23.